The molecule has 21 heavy (non-hydrogen) atoms. The van der Waals surface area contributed by atoms with Crippen LogP contribution in [0.15, 0.2) is 24.3 Å². The molecular weight excluding hydrogens is 270 g/mol. The molecule has 2 amide bonds. The fourth-order valence-electron chi connectivity index (χ4n) is 2.23. The quantitative estimate of drug-likeness (QED) is 0.420. The van der Waals surface area contributed by atoms with E-state index in [-0.39, 0.29) is 13.0 Å². The maximum Gasteiger partial charge on any atom is 0.292 e. The van der Waals surface area contributed by atoms with Crippen LogP contribution in [0.25, 0.3) is 10.9 Å². The Labute approximate surface area is 121 Å². The second-order valence-corrected chi connectivity index (χ2v) is 4.83. The lowest BCUT2D eigenvalue weighted by molar-refractivity contribution is -0.119. The normalized spacial score (nSPS) is 10.5. The number of aryl methyl sites for hydroxylation is 1. The second-order valence-electron chi connectivity index (χ2n) is 4.83. The molecule has 0 fully saturated rings. The predicted octanol–water partition coefficient (Wildman–Crippen LogP) is 1.04. The second kappa shape index (κ2) is 6.21. The topological polar surface area (TPSA) is 105 Å². The van der Waals surface area contributed by atoms with E-state index in [1.807, 2.05) is 18.2 Å². The van der Waals surface area contributed by atoms with Crippen LogP contribution in [-0.4, -0.2) is 29.1 Å². The van der Waals surface area contributed by atoms with E-state index in [1.165, 1.54) is 0 Å². The molecule has 0 unspecified atom stereocenters. The monoisotopic (exact) mass is 287 g/mol. The van der Waals surface area contributed by atoms with Gasteiger partial charge in [-0.1, -0.05) is 18.2 Å². The van der Waals surface area contributed by atoms with Crippen molar-refractivity contribution >= 4 is 28.5 Å². The molecule has 1 aromatic heterocycles. The molecule has 6 heteroatoms. The Hall–Kier alpha value is -2.63. The molecule has 0 aliphatic heterocycles. The number of benzene rings is 1. The van der Waals surface area contributed by atoms with Gasteiger partial charge >= 0.3 is 0 Å². The number of amides is 2. The molecular formula is C15H17N3O3. The predicted molar refractivity (Wildman–Crippen MR) is 78.8 cm³/mol. The van der Waals surface area contributed by atoms with E-state index in [4.69, 9.17) is 5.73 Å². The molecule has 110 valence electrons. The fourth-order valence-corrected chi connectivity index (χ4v) is 2.23. The number of hydrogen-bond donors (Lipinski definition) is 3. The molecule has 2 rings (SSSR count). The third-order valence-electron chi connectivity index (χ3n) is 3.21. The number of hydrogen-bond acceptors (Lipinski definition) is 3. The van der Waals surface area contributed by atoms with Crippen molar-refractivity contribution in [3.63, 3.8) is 0 Å². The van der Waals surface area contributed by atoms with E-state index in [9.17, 15) is 14.4 Å². The van der Waals surface area contributed by atoms with E-state index in [2.05, 4.69) is 10.3 Å². The minimum absolute atomic E-state index is 0.181. The number of carbonyl (C=O) groups is 3. The molecule has 0 aliphatic rings. The van der Waals surface area contributed by atoms with Gasteiger partial charge in [0.25, 0.3) is 11.7 Å². The number of aromatic amines is 1. The van der Waals surface area contributed by atoms with Gasteiger partial charge in [-0.2, -0.15) is 0 Å². The zero-order valence-electron chi connectivity index (χ0n) is 11.7. The third kappa shape index (κ3) is 3.28. The Morgan fingerprint density at radius 3 is 2.67 bits per heavy atom. The molecule has 6 nitrogen and oxygen atoms in total. The minimum atomic E-state index is -0.674. The molecule has 0 spiro atoms. The van der Waals surface area contributed by atoms with Crippen molar-refractivity contribution in [3.05, 3.63) is 35.5 Å². The van der Waals surface area contributed by atoms with Crippen LogP contribution < -0.4 is 11.1 Å². The zero-order chi connectivity index (χ0) is 15.4. The molecule has 4 N–H and O–H groups in total. The maximum atomic E-state index is 12.2. The van der Waals surface area contributed by atoms with Gasteiger partial charge in [0.05, 0.1) is 5.56 Å². The van der Waals surface area contributed by atoms with Gasteiger partial charge in [-0.3, -0.25) is 14.4 Å². The summed E-state index contributed by atoms with van der Waals surface area (Å²) in [5.41, 5.74) is 6.87. The van der Waals surface area contributed by atoms with Crippen LogP contribution in [0.3, 0.4) is 0 Å². The van der Waals surface area contributed by atoms with Gasteiger partial charge in [-0.25, -0.2) is 0 Å². The molecule has 0 bridgehead atoms. The lowest BCUT2D eigenvalue weighted by atomic mass is 10.1. The first-order valence-corrected chi connectivity index (χ1v) is 6.69. The number of fused-ring (bicyclic) bond motifs is 1. The summed E-state index contributed by atoms with van der Waals surface area (Å²) < 4.78 is 0. The Morgan fingerprint density at radius 1 is 1.24 bits per heavy atom. The molecule has 0 saturated carbocycles. The number of carbonyl (C=O) groups excluding carboxylic acids is 3. The molecule has 2 aromatic rings. The van der Waals surface area contributed by atoms with Crippen LogP contribution in [0.5, 0.6) is 0 Å². The highest BCUT2D eigenvalue weighted by molar-refractivity contribution is 6.45. The largest absolute Gasteiger partial charge is 0.370 e. The summed E-state index contributed by atoms with van der Waals surface area (Å²) in [4.78, 5) is 37.8. The minimum Gasteiger partial charge on any atom is -0.370 e. The molecule has 0 aliphatic carbocycles. The van der Waals surface area contributed by atoms with E-state index in [0.29, 0.717) is 17.7 Å². The zero-order valence-corrected chi connectivity index (χ0v) is 11.7. The van der Waals surface area contributed by atoms with E-state index in [1.54, 1.807) is 13.0 Å². The van der Waals surface area contributed by atoms with Crippen LogP contribution in [0.1, 0.15) is 28.9 Å². The highest BCUT2D eigenvalue weighted by atomic mass is 16.2. The van der Waals surface area contributed by atoms with Crippen molar-refractivity contribution in [2.24, 2.45) is 5.73 Å². The number of rotatable bonds is 6. The smallest absolute Gasteiger partial charge is 0.292 e. The van der Waals surface area contributed by atoms with E-state index >= 15 is 0 Å². The van der Waals surface area contributed by atoms with Crippen LogP contribution in [0.4, 0.5) is 0 Å². The van der Waals surface area contributed by atoms with Gasteiger partial charge in [0, 0.05) is 29.6 Å². The lowest BCUT2D eigenvalue weighted by Gasteiger charge is -2.04. The first-order chi connectivity index (χ1) is 10.0. The van der Waals surface area contributed by atoms with E-state index in [0.717, 1.165) is 10.9 Å². The van der Waals surface area contributed by atoms with Crippen LogP contribution in [0, 0.1) is 6.92 Å². The Bertz CT molecular complexity index is 703. The third-order valence-corrected chi connectivity index (χ3v) is 3.21. The van der Waals surface area contributed by atoms with E-state index < -0.39 is 17.6 Å². The number of aromatic nitrogens is 1. The summed E-state index contributed by atoms with van der Waals surface area (Å²) in [6.07, 6.45) is 0.599. The van der Waals surface area contributed by atoms with Crippen LogP contribution in [0.2, 0.25) is 0 Å². The Kier molecular flexibility index (Phi) is 4.37. The average Bonchev–Trinajstić information content (AvgIpc) is 2.78. The summed E-state index contributed by atoms with van der Waals surface area (Å²) in [7, 11) is 0. The average molecular weight is 287 g/mol. The number of primary amides is 1. The first kappa shape index (κ1) is 14.8. The molecule has 1 aromatic carbocycles. The fraction of sp³-hybridized carbons (Fsp3) is 0.267. The Balaban J connectivity index is 2.09. The molecule has 0 radical (unpaired) electrons. The number of ketones is 1. The van der Waals surface area contributed by atoms with Crippen molar-refractivity contribution in [3.8, 4) is 0 Å². The number of H-pyrrole nitrogens is 1. The van der Waals surface area contributed by atoms with Crippen molar-refractivity contribution in [2.45, 2.75) is 19.8 Å². The lowest BCUT2D eigenvalue weighted by Crippen LogP contribution is -2.32. The van der Waals surface area contributed by atoms with Gasteiger partial charge in [0.1, 0.15) is 0 Å². The first-order valence-electron chi connectivity index (χ1n) is 6.69. The van der Waals surface area contributed by atoms with Gasteiger partial charge in [-0.05, 0) is 19.4 Å². The highest BCUT2D eigenvalue weighted by Crippen LogP contribution is 2.22. The summed E-state index contributed by atoms with van der Waals surface area (Å²) in [6.45, 7) is 2.00. The summed E-state index contributed by atoms with van der Waals surface area (Å²) in [5.74, 6) is -1.68. The number of para-hydroxylation sites is 1. The van der Waals surface area contributed by atoms with Gasteiger partial charge < -0.3 is 16.0 Å². The van der Waals surface area contributed by atoms with Crippen LogP contribution in [-0.2, 0) is 9.59 Å². The van der Waals surface area contributed by atoms with Crippen molar-refractivity contribution in [1.29, 1.82) is 0 Å². The van der Waals surface area contributed by atoms with Crippen molar-refractivity contribution in [1.82, 2.24) is 10.3 Å². The Morgan fingerprint density at radius 2 is 1.95 bits per heavy atom. The number of nitrogens with one attached hydrogen (secondary N) is 2. The van der Waals surface area contributed by atoms with Crippen molar-refractivity contribution in [2.75, 3.05) is 6.54 Å². The summed E-state index contributed by atoms with van der Waals surface area (Å²) in [5, 5.41) is 3.24. The van der Waals surface area contributed by atoms with Crippen LogP contribution >= 0.6 is 0 Å². The standard InChI is InChI=1S/C15H17N3O3/c1-9-13(10-5-2-3-6-11(10)18-9)14(20)15(21)17-8-4-7-12(16)19/h2-3,5-6,18H,4,7-8H2,1H3,(H2,16,19)(H,17,21). The number of Topliss-reactive ketones (excluding diaryl/α,β-unsaturated/α-hetero) is 1. The number of nitrogens with two attached hydrogens (primary N) is 1. The summed E-state index contributed by atoms with van der Waals surface area (Å²) in [6, 6.07) is 7.32. The van der Waals surface area contributed by atoms with Gasteiger partial charge in [0.15, 0.2) is 0 Å². The maximum absolute atomic E-state index is 12.2. The highest BCUT2D eigenvalue weighted by Gasteiger charge is 2.22. The van der Waals surface area contributed by atoms with Gasteiger partial charge in [-0.15, -0.1) is 0 Å². The summed E-state index contributed by atoms with van der Waals surface area (Å²) >= 11 is 0. The molecule has 0 saturated heterocycles. The molecule has 0 atom stereocenters. The SMILES string of the molecule is Cc1[nH]c2ccccc2c1C(=O)C(=O)NCCCC(N)=O. The molecule has 1 heterocycles. The van der Waals surface area contributed by atoms with Gasteiger partial charge in [0.2, 0.25) is 5.91 Å². The van der Waals surface area contributed by atoms with Crippen molar-refractivity contribution < 1.29 is 14.4 Å².